The van der Waals surface area contributed by atoms with Crippen molar-refractivity contribution in [2.45, 2.75) is 57.7 Å². The highest BCUT2D eigenvalue weighted by Gasteiger charge is 2.43. The van der Waals surface area contributed by atoms with Crippen molar-refractivity contribution in [3.05, 3.63) is 59.2 Å². The number of likely N-dealkylation sites (tertiary alicyclic amines) is 1. The Kier molecular flexibility index (Phi) is 8.00. The summed E-state index contributed by atoms with van der Waals surface area (Å²) in [6.07, 6.45) is 11.8. The minimum atomic E-state index is -0.513. The Bertz CT molecular complexity index is 767. The zero-order valence-corrected chi connectivity index (χ0v) is 19.0. The molecular formula is C27H39NO3. The molecule has 0 aromatic heterocycles. The molecule has 0 radical (unpaired) electrons. The van der Waals surface area contributed by atoms with Crippen LogP contribution in [-0.2, 0) is 11.2 Å². The molecule has 1 saturated heterocycles. The molecule has 4 rings (SSSR count). The summed E-state index contributed by atoms with van der Waals surface area (Å²) in [5, 5.41) is 21.0. The number of hydrogen-bond acceptors (Lipinski definition) is 4. The second-order valence-electron chi connectivity index (χ2n) is 9.84. The van der Waals surface area contributed by atoms with Gasteiger partial charge in [-0.15, -0.1) is 0 Å². The van der Waals surface area contributed by atoms with Crippen LogP contribution in [-0.4, -0.2) is 60.2 Å². The van der Waals surface area contributed by atoms with E-state index in [9.17, 15) is 10.2 Å². The van der Waals surface area contributed by atoms with Gasteiger partial charge in [0.1, 0.15) is 0 Å². The average molecular weight is 426 g/mol. The van der Waals surface area contributed by atoms with Crippen LogP contribution in [0.2, 0.25) is 0 Å². The molecule has 0 bridgehead atoms. The summed E-state index contributed by atoms with van der Waals surface area (Å²) in [6.45, 7) is 7.31. The predicted octanol–water partition coefficient (Wildman–Crippen LogP) is 3.90. The molecule has 1 aliphatic heterocycles. The molecule has 0 spiro atoms. The summed E-state index contributed by atoms with van der Waals surface area (Å²) in [7, 11) is 0. The molecule has 0 amide bonds. The smallest absolute Gasteiger partial charge is 0.0761 e. The molecule has 1 heterocycles. The van der Waals surface area contributed by atoms with E-state index in [2.05, 4.69) is 42.2 Å². The molecule has 31 heavy (non-hydrogen) atoms. The van der Waals surface area contributed by atoms with Gasteiger partial charge in [-0.1, -0.05) is 48.1 Å². The number of rotatable bonds is 10. The number of aryl methyl sites for hydroxylation is 1. The molecule has 170 valence electrons. The lowest BCUT2D eigenvalue weighted by molar-refractivity contribution is 0.131. The SMILES string of the molecule is Cc1cccc(C[C@H](O)C=C[C@@H]2[C@H]3CC(COCCCN4CCCC4)=C[C@H]3C[C@H]2O)c1. The van der Waals surface area contributed by atoms with Crippen molar-refractivity contribution in [1.82, 2.24) is 4.90 Å². The third kappa shape index (κ3) is 6.29. The van der Waals surface area contributed by atoms with E-state index in [-0.39, 0.29) is 12.0 Å². The van der Waals surface area contributed by atoms with Gasteiger partial charge in [0.2, 0.25) is 0 Å². The maximum atomic E-state index is 10.6. The highest BCUT2D eigenvalue weighted by atomic mass is 16.5. The van der Waals surface area contributed by atoms with Crippen molar-refractivity contribution >= 4 is 0 Å². The van der Waals surface area contributed by atoms with Gasteiger partial charge in [-0.2, -0.15) is 0 Å². The third-order valence-electron chi connectivity index (χ3n) is 7.28. The third-order valence-corrected chi connectivity index (χ3v) is 7.28. The number of hydrogen-bond donors (Lipinski definition) is 2. The highest BCUT2D eigenvalue weighted by molar-refractivity contribution is 5.24. The standard InChI is InChI=1S/C27H39NO3/c1-20-6-4-7-21(14-20)16-24(29)8-9-25-26-17-22(15-23(26)18-27(25)30)19-31-13-5-12-28-10-2-3-11-28/h4,6-9,14-15,23-27,29-30H,2-3,5,10-13,16-19H2,1H3/t23-,24+,25+,26-,27+/m0/s1. The first-order valence-corrected chi connectivity index (χ1v) is 12.2. The van der Waals surface area contributed by atoms with Crippen LogP contribution in [0.15, 0.2) is 48.1 Å². The van der Waals surface area contributed by atoms with Gasteiger partial charge in [0.05, 0.1) is 18.8 Å². The van der Waals surface area contributed by atoms with Gasteiger partial charge in [0.15, 0.2) is 0 Å². The first kappa shape index (κ1) is 22.7. The molecule has 1 aromatic rings. The quantitative estimate of drug-likeness (QED) is 0.441. The molecule has 2 fully saturated rings. The predicted molar refractivity (Wildman–Crippen MR) is 125 cm³/mol. The minimum absolute atomic E-state index is 0.126. The number of benzene rings is 1. The second-order valence-corrected chi connectivity index (χ2v) is 9.84. The Labute approximate surface area is 187 Å². The van der Waals surface area contributed by atoms with Gasteiger partial charge < -0.3 is 19.8 Å². The maximum absolute atomic E-state index is 10.6. The van der Waals surface area contributed by atoms with E-state index in [1.54, 1.807) is 0 Å². The summed E-state index contributed by atoms with van der Waals surface area (Å²) in [5.74, 6) is 1.02. The second kappa shape index (κ2) is 10.9. The Morgan fingerprint density at radius 3 is 2.90 bits per heavy atom. The summed E-state index contributed by atoms with van der Waals surface area (Å²) in [4.78, 5) is 2.54. The lowest BCUT2D eigenvalue weighted by atomic mass is 9.89. The van der Waals surface area contributed by atoms with Crippen LogP contribution in [0.1, 0.15) is 43.2 Å². The van der Waals surface area contributed by atoms with Gasteiger partial charge in [-0.05, 0) is 75.1 Å². The highest BCUT2D eigenvalue weighted by Crippen LogP contribution is 2.47. The van der Waals surface area contributed by atoms with Crippen molar-refractivity contribution in [2.24, 2.45) is 17.8 Å². The van der Waals surface area contributed by atoms with Gasteiger partial charge in [0.25, 0.3) is 0 Å². The Morgan fingerprint density at radius 2 is 2.10 bits per heavy atom. The molecule has 4 heteroatoms. The fourth-order valence-electron chi connectivity index (χ4n) is 5.72. The van der Waals surface area contributed by atoms with Crippen molar-refractivity contribution < 1.29 is 14.9 Å². The lowest BCUT2D eigenvalue weighted by Crippen LogP contribution is -2.21. The van der Waals surface area contributed by atoms with E-state index in [0.29, 0.717) is 18.3 Å². The van der Waals surface area contributed by atoms with E-state index in [1.165, 1.54) is 37.1 Å². The van der Waals surface area contributed by atoms with Crippen molar-refractivity contribution in [3.63, 3.8) is 0 Å². The maximum Gasteiger partial charge on any atom is 0.0761 e. The fraction of sp³-hybridized carbons (Fsp3) is 0.630. The van der Waals surface area contributed by atoms with Gasteiger partial charge in [-0.25, -0.2) is 0 Å². The monoisotopic (exact) mass is 425 g/mol. The number of nitrogens with zero attached hydrogens (tertiary/aromatic N) is 1. The van der Waals surface area contributed by atoms with Crippen molar-refractivity contribution in [2.75, 3.05) is 32.8 Å². The van der Waals surface area contributed by atoms with E-state index in [4.69, 9.17) is 4.74 Å². The van der Waals surface area contributed by atoms with E-state index < -0.39 is 6.10 Å². The van der Waals surface area contributed by atoms with Gasteiger partial charge in [0, 0.05) is 25.5 Å². The summed E-state index contributed by atoms with van der Waals surface area (Å²) < 4.78 is 5.96. The molecule has 1 aromatic carbocycles. The van der Waals surface area contributed by atoms with E-state index in [0.717, 1.165) is 44.6 Å². The molecule has 2 N–H and O–H groups in total. The molecule has 0 unspecified atom stereocenters. The van der Waals surface area contributed by atoms with Crippen molar-refractivity contribution in [3.8, 4) is 0 Å². The summed E-state index contributed by atoms with van der Waals surface area (Å²) in [6, 6.07) is 8.29. The van der Waals surface area contributed by atoms with Crippen LogP contribution >= 0.6 is 0 Å². The average Bonchev–Trinajstić information content (AvgIpc) is 3.43. The minimum Gasteiger partial charge on any atom is -0.392 e. The number of aliphatic hydroxyl groups excluding tert-OH is 2. The van der Waals surface area contributed by atoms with Crippen LogP contribution in [0.3, 0.4) is 0 Å². The van der Waals surface area contributed by atoms with Crippen LogP contribution in [0.5, 0.6) is 0 Å². The van der Waals surface area contributed by atoms with Crippen LogP contribution in [0.4, 0.5) is 0 Å². The fourth-order valence-corrected chi connectivity index (χ4v) is 5.72. The molecule has 4 nitrogen and oxygen atoms in total. The lowest BCUT2D eigenvalue weighted by Gasteiger charge is -2.19. The number of fused-ring (bicyclic) bond motifs is 1. The zero-order valence-electron chi connectivity index (χ0n) is 19.0. The van der Waals surface area contributed by atoms with Crippen LogP contribution < -0.4 is 0 Å². The molecule has 1 saturated carbocycles. The molecule has 2 aliphatic carbocycles. The Balaban J connectivity index is 1.20. The number of ether oxygens (including phenoxy) is 1. The Morgan fingerprint density at radius 1 is 1.26 bits per heavy atom. The van der Waals surface area contributed by atoms with E-state index >= 15 is 0 Å². The first-order valence-electron chi connectivity index (χ1n) is 12.2. The largest absolute Gasteiger partial charge is 0.392 e. The summed E-state index contributed by atoms with van der Waals surface area (Å²) >= 11 is 0. The van der Waals surface area contributed by atoms with Crippen molar-refractivity contribution in [1.29, 1.82) is 0 Å². The normalized spacial score (nSPS) is 29.6. The molecule has 3 aliphatic rings. The van der Waals surface area contributed by atoms with Crippen LogP contribution in [0.25, 0.3) is 0 Å². The van der Waals surface area contributed by atoms with Crippen LogP contribution in [0, 0.1) is 24.7 Å². The summed E-state index contributed by atoms with van der Waals surface area (Å²) in [5.41, 5.74) is 3.75. The Hall–Kier alpha value is -1.46. The van der Waals surface area contributed by atoms with E-state index in [1.807, 2.05) is 12.1 Å². The number of allylic oxidation sites excluding steroid dienone is 1. The van der Waals surface area contributed by atoms with Gasteiger partial charge >= 0.3 is 0 Å². The topological polar surface area (TPSA) is 52.9 Å². The molecule has 5 atom stereocenters. The zero-order chi connectivity index (χ0) is 21.6. The van der Waals surface area contributed by atoms with Gasteiger partial charge in [-0.3, -0.25) is 0 Å². The first-order chi connectivity index (χ1) is 15.1. The molecular weight excluding hydrogens is 386 g/mol. The number of aliphatic hydroxyl groups is 2.